The Labute approximate surface area is 97.9 Å². The number of nitrogens with zero attached hydrogens (tertiary/aromatic N) is 1. The predicted octanol–water partition coefficient (Wildman–Crippen LogP) is 2.02. The number of halogens is 1. The fourth-order valence-electron chi connectivity index (χ4n) is 1.76. The Kier molecular flexibility index (Phi) is 3.26. The Hall–Kier alpha value is -1.33. The van der Waals surface area contributed by atoms with Gasteiger partial charge in [0, 0.05) is 24.3 Å². The molecule has 16 heavy (non-hydrogen) atoms. The number of nitro benzene ring substituents is 1. The summed E-state index contributed by atoms with van der Waals surface area (Å²) in [7, 11) is 0. The first-order valence-electron chi connectivity index (χ1n) is 5.08. The fourth-order valence-corrected chi connectivity index (χ4v) is 2.01. The summed E-state index contributed by atoms with van der Waals surface area (Å²) in [5.41, 5.74) is 0.765. The topological polar surface area (TPSA) is 67.2 Å². The molecule has 1 aliphatic heterocycles. The van der Waals surface area contributed by atoms with Crippen molar-refractivity contribution in [3.05, 3.63) is 33.3 Å². The molecule has 0 aromatic heterocycles. The van der Waals surface area contributed by atoms with Crippen LogP contribution in [0.25, 0.3) is 0 Å². The van der Waals surface area contributed by atoms with E-state index >= 15 is 0 Å². The zero-order valence-corrected chi connectivity index (χ0v) is 9.33. The van der Waals surface area contributed by atoms with Gasteiger partial charge in [0.1, 0.15) is 5.02 Å². The summed E-state index contributed by atoms with van der Waals surface area (Å²) in [4.78, 5) is 10.1. The van der Waals surface area contributed by atoms with Crippen molar-refractivity contribution in [3.8, 4) is 0 Å². The number of nitrogens with one attached hydrogen (secondary N) is 2. The van der Waals surface area contributed by atoms with Gasteiger partial charge in [0.05, 0.1) is 4.92 Å². The van der Waals surface area contributed by atoms with Gasteiger partial charge in [-0.3, -0.25) is 10.1 Å². The minimum atomic E-state index is -0.483. The number of benzene rings is 1. The highest BCUT2D eigenvalue weighted by molar-refractivity contribution is 6.32. The van der Waals surface area contributed by atoms with Gasteiger partial charge in [-0.2, -0.15) is 0 Å². The number of rotatable bonds is 3. The van der Waals surface area contributed by atoms with Crippen molar-refractivity contribution in [3.63, 3.8) is 0 Å². The zero-order valence-electron chi connectivity index (χ0n) is 8.57. The van der Waals surface area contributed by atoms with Gasteiger partial charge in [0.15, 0.2) is 0 Å². The van der Waals surface area contributed by atoms with Crippen LogP contribution in [-0.2, 0) is 0 Å². The molecule has 1 atom stereocenters. The van der Waals surface area contributed by atoms with Crippen molar-refractivity contribution >= 4 is 23.0 Å². The Morgan fingerprint density at radius 3 is 2.94 bits per heavy atom. The molecule has 1 aromatic carbocycles. The van der Waals surface area contributed by atoms with Crippen molar-refractivity contribution in [1.29, 1.82) is 0 Å². The molecular formula is C10H12ClN3O2. The summed E-state index contributed by atoms with van der Waals surface area (Å²) in [6.07, 6.45) is 1.05. The van der Waals surface area contributed by atoms with E-state index in [1.165, 1.54) is 6.07 Å². The van der Waals surface area contributed by atoms with Crippen molar-refractivity contribution in [1.82, 2.24) is 5.32 Å². The molecule has 2 rings (SSSR count). The first kappa shape index (κ1) is 11.2. The summed E-state index contributed by atoms with van der Waals surface area (Å²) in [5, 5.41) is 17.2. The molecule has 0 radical (unpaired) electrons. The van der Waals surface area contributed by atoms with Crippen LogP contribution in [-0.4, -0.2) is 24.1 Å². The summed E-state index contributed by atoms with van der Waals surface area (Å²) < 4.78 is 0. The van der Waals surface area contributed by atoms with Crippen LogP contribution in [0.1, 0.15) is 6.42 Å². The van der Waals surface area contributed by atoms with Gasteiger partial charge in [-0.05, 0) is 25.1 Å². The maximum atomic E-state index is 10.6. The van der Waals surface area contributed by atoms with E-state index in [1.807, 2.05) is 0 Å². The second-order valence-corrected chi connectivity index (χ2v) is 4.16. The summed E-state index contributed by atoms with van der Waals surface area (Å²) in [5.74, 6) is 0. The van der Waals surface area contributed by atoms with E-state index in [4.69, 9.17) is 11.6 Å². The monoisotopic (exact) mass is 241 g/mol. The average molecular weight is 242 g/mol. The molecule has 0 saturated carbocycles. The lowest BCUT2D eigenvalue weighted by atomic mass is 10.2. The number of anilines is 1. The molecule has 1 aromatic rings. The lowest BCUT2D eigenvalue weighted by Gasteiger charge is -2.12. The molecule has 0 spiro atoms. The third kappa shape index (κ3) is 2.43. The van der Waals surface area contributed by atoms with Crippen LogP contribution in [0, 0.1) is 10.1 Å². The molecule has 1 saturated heterocycles. The van der Waals surface area contributed by atoms with Gasteiger partial charge < -0.3 is 10.6 Å². The van der Waals surface area contributed by atoms with E-state index in [0.717, 1.165) is 25.2 Å². The highest BCUT2D eigenvalue weighted by Crippen LogP contribution is 2.27. The molecule has 2 N–H and O–H groups in total. The molecule has 5 nitrogen and oxygen atoms in total. The average Bonchev–Trinajstić information content (AvgIpc) is 2.70. The molecule has 1 fully saturated rings. The van der Waals surface area contributed by atoms with Gasteiger partial charge in [-0.1, -0.05) is 11.6 Å². The third-order valence-corrected chi connectivity index (χ3v) is 2.88. The van der Waals surface area contributed by atoms with Crippen LogP contribution in [0.3, 0.4) is 0 Å². The first-order valence-corrected chi connectivity index (χ1v) is 5.46. The normalized spacial score (nSPS) is 19.7. The van der Waals surface area contributed by atoms with Crippen molar-refractivity contribution < 1.29 is 4.92 Å². The molecule has 1 aliphatic rings. The van der Waals surface area contributed by atoms with Crippen LogP contribution >= 0.6 is 11.6 Å². The van der Waals surface area contributed by atoms with Crippen molar-refractivity contribution in [2.75, 3.05) is 18.4 Å². The molecule has 0 amide bonds. The van der Waals surface area contributed by atoms with E-state index in [-0.39, 0.29) is 10.7 Å². The maximum Gasteiger partial charge on any atom is 0.288 e. The molecule has 86 valence electrons. The van der Waals surface area contributed by atoms with E-state index in [1.54, 1.807) is 12.1 Å². The minimum Gasteiger partial charge on any atom is -0.381 e. The van der Waals surface area contributed by atoms with Gasteiger partial charge in [-0.15, -0.1) is 0 Å². The Bertz CT molecular complexity index is 405. The van der Waals surface area contributed by atoms with Gasteiger partial charge in [0.25, 0.3) is 5.69 Å². The standard InChI is InChI=1S/C10H12ClN3O2/c11-9-5-7(1-2-10(9)14(15)16)13-8-3-4-12-6-8/h1-2,5,8,12-13H,3-4,6H2. The van der Waals surface area contributed by atoms with E-state index in [9.17, 15) is 10.1 Å². The van der Waals surface area contributed by atoms with Crippen molar-refractivity contribution in [2.45, 2.75) is 12.5 Å². The van der Waals surface area contributed by atoms with Crippen LogP contribution in [0.5, 0.6) is 0 Å². The lowest BCUT2D eigenvalue weighted by molar-refractivity contribution is -0.384. The van der Waals surface area contributed by atoms with Crippen LogP contribution in [0.4, 0.5) is 11.4 Å². The van der Waals surface area contributed by atoms with E-state index in [0.29, 0.717) is 6.04 Å². The molecular weight excluding hydrogens is 230 g/mol. The van der Waals surface area contributed by atoms with Gasteiger partial charge >= 0.3 is 0 Å². The van der Waals surface area contributed by atoms with Crippen LogP contribution in [0.2, 0.25) is 5.02 Å². The molecule has 0 aliphatic carbocycles. The SMILES string of the molecule is O=[N+]([O-])c1ccc(NC2CCNC2)cc1Cl. The second-order valence-electron chi connectivity index (χ2n) is 3.76. The second kappa shape index (κ2) is 4.67. The molecule has 1 heterocycles. The Balaban J connectivity index is 2.11. The van der Waals surface area contributed by atoms with E-state index < -0.39 is 4.92 Å². The molecule has 1 unspecified atom stereocenters. The third-order valence-electron chi connectivity index (χ3n) is 2.58. The predicted molar refractivity (Wildman–Crippen MR) is 63.0 cm³/mol. The molecule has 6 heteroatoms. The van der Waals surface area contributed by atoms with Gasteiger partial charge in [0.2, 0.25) is 0 Å². The smallest absolute Gasteiger partial charge is 0.288 e. The Morgan fingerprint density at radius 1 is 1.56 bits per heavy atom. The number of hydrogen-bond donors (Lipinski definition) is 2. The minimum absolute atomic E-state index is 0.0586. The summed E-state index contributed by atoms with van der Waals surface area (Å²) in [6.45, 7) is 1.91. The number of nitro groups is 1. The largest absolute Gasteiger partial charge is 0.381 e. The quantitative estimate of drug-likeness (QED) is 0.628. The molecule has 0 bridgehead atoms. The highest BCUT2D eigenvalue weighted by Gasteiger charge is 2.16. The summed E-state index contributed by atoms with van der Waals surface area (Å²) >= 11 is 5.81. The summed E-state index contributed by atoms with van der Waals surface area (Å²) in [6, 6.07) is 5.07. The van der Waals surface area contributed by atoms with Gasteiger partial charge in [-0.25, -0.2) is 0 Å². The van der Waals surface area contributed by atoms with Crippen LogP contribution < -0.4 is 10.6 Å². The number of hydrogen-bond acceptors (Lipinski definition) is 4. The first-order chi connectivity index (χ1) is 7.66. The zero-order chi connectivity index (χ0) is 11.5. The Morgan fingerprint density at radius 2 is 2.38 bits per heavy atom. The highest BCUT2D eigenvalue weighted by atomic mass is 35.5. The van der Waals surface area contributed by atoms with Crippen molar-refractivity contribution in [2.24, 2.45) is 0 Å². The van der Waals surface area contributed by atoms with E-state index in [2.05, 4.69) is 10.6 Å². The maximum absolute atomic E-state index is 10.6. The lowest BCUT2D eigenvalue weighted by Crippen LogP contribution is -2.21. The fraction of sp³-hybridized carbons (Fsp3) is 0.400. The van der Waals surface area contributed by atoms with Crippen LogP contribution in [0.15, 0.2) is 18.2 Å².